The molecule has 0 aliphatic carbocycles. The summed E-state index contributed by atoms with van der Waals surface area (Å²) in [5.74, 6) is 1.18. The van der Waals surface area contributed by atoms with Gasteiger partial charge in [0.15, 0.2) is 0 Å². The normalized spacial score (nSPS) is 17.4. The van der Waals surface area contributed by atoms with E-state index in [1.54, 1.807) is 12.1 Å². The summed E-state index contributed by atoms with van der Waals surface area (Å²) in [5.41, 5.74) is 3.40. The van der Waals surface area contributed by atoms with Crippen molar-refractivity contribution >= 4 is 0 Å². The fraction of sp³-hybridized carbons (Fsp3) is 0.294. The maximum atomic E-state index is 13.6. The highest BCUT2D eigenvalue weighted by Crippen LogP contribution is 2.41. The average Bonchev–Trinajstić information content (AvgIpc) is 2.54. The van der Waals surface area contributed by atoms with E-state index in [4.69, 9.17) is 4.74 Å². The van der Waals surface area contributed by atoms with Crippen molar-refractivity contribution in [3.05, 3.63) is 65.0 Å². The highest BCUT2D eigenvalue weighted by molar-refractivity contribution is 5.47. The van der Waals surface area contributed by atoms with Crippen LogP contribution in [0.4, 0.5) is 4.39 Å². The summed E-state index contributed by atoms with van der Waals surface area (Å²) in [6.45, 7) is 4.89. The van der Waals surface area contributed by atoms with Gasteiger partial charge in [0.25, 0.3) is 0 Å². The Hall–Kier alpha value is -1.83. The number of benzene rings is 2. The Labute approximate surface area is 113 Å². The summed E-state index contributed by atoms with van der Waals surface area (Å²) in [6.07, 6.45) is 0. The zero-order chi connectivity index (χ0) is 13.4. The number of ether oxygens (including phenoxy) is 1. The van der Waals surface area contributed by atoms with Crippen LogP contribution in [-0.2, 0) is 6.61 Å². The van der Waals surface area contributed by atoms with E-state index in [-0.39, 0.29) is 11.7 Å². The topological polar surface area (TPSA) is 9.23 Å². The van der Waals surface area contributed by atoms with E-state index in [1.165, 1.54) is 17.2 Å². The standard InChI is InChI=1S/C17H17FO/c1-11(2)17-14-6-4-3-5-12(14)10-19-16-8-7-13(18)9-15(16)17/h3-9,11,17H,10H2,1-2H3. The molecule has 2 heteroatoms. The van der Waals surface area contributed by atoms with Crippen LogP contribution in [0.5, 0.6) is 5.75 Å². The molecule has 0 amide bonds. The van der Waals surface area contributed by atoms with Gasteiger partial charge in [-0.3, -0.25) is 0 Å². The molecular weight excluding hydrogens is 239 g/mol. The van der Waals surface area contributed by atoms with Gasteiger partial charge in [-0.25, -0.2) is 4.39 Å². The van der Waals surface area contributed by atoms with Crippen LogP contribution in [0.3, 0.4) is 0 Å². The van der Waals surface area contributed by atoms with E-state index >= 15 is 0 Å². The van der Waals surface area contributed by atoms with Gasteiger partial charge in [-0.2, -0.15) is 0 Å². The van der Waals surface area contributed by atoms with Crippen molar-refractivity contribution in [2.75, 3.05) is 0 Å². The van der Waals surface area contributed by atoms with Gasteiger partial charge in [0.05, 0.1) is 0 Å². The molecule has 0 saturated carbocycles. The summed E-state index contributed by atoms with van der Waals surface area (Å²) < 4.78 is 19.4. The first-order valence-corrected chi connectivity index (χ1v) is 6.67. The van der Waals surface area contributed by atoms with E-state index in [9.17, 15) is 4.39 Å². The van der Waals surface area contributed by atoms with Crippen molar-refractivity contribution in [3.8, 4) is 5.75 Å². The number of rotatable bonds is 1. The van der Waals surface area contributed by atoms with E-state index in [2.05, 4.69) is 26.0 Å². The maximum Gasteiger partial charge on any atom is 0.123 e. The van der Waals surface area contributed by atoms with E-state index in [0.717, 1.165) is 11.3 Å². The lowest BCUT2D eigenvalue weighted by Gasteiger charge is -2.22. The van der Waals surface area contributed by atoms with Crippen LogP contribution in [0.25, 0.3) is 0 Å². The molecule has 1 unspecified atom stereocenters. The van der Waals surface area contributed by atoms with E-state index in [0.29, 0.717) is 12.5 Å². The Bertz CT molecular complexity index is 604. The smallest absolute Gasteiger partial charge is 0.123 e. The minimum absolute atomic E-state index is 0.185. The third-order valence-corrected chi connectivity index (χ3v) is 3.75. The summed E-state index contributed by atoms with van der Waals surface area (Å²) >= 11 is 0. The molecule has 1 nitrogen and oxygen atoms in total. The average molecular weight is 256 g/mol. The first-order chi connectivity index (χ1) is 9.16. The van der Waals surface area contributed by atoms with Gasteiger partial charge >= 0.3 is 0 Å². The summed E-state index contributed by atoms with van der Waals surface area (Å²) in [5, 5.41) is 0. The lowest BCUT2D eigenvalue weighted by Crippen LogP contribution is -2.09. The lowest BCUT2D eigenvalue weighted by molar-refractivity contribution is 0.306. The van der Waals surface area contributed by atoms with Crippen LogP contribution in [-0.4, -0.2) is 0 Å². The molecular formula is C17H17FO. The molecule has 1 aliphatic rings. The Morgan fingerprint density at radius 3 is 2.68 bits per heavy atom. The van der Waals surface area contributed by atoms with Gasteiger partial charge in [-0.15, -0.1) is 0 Å². The minimum atomic E-state index is -0.201. The summed E-state index contributed by atoms with van der Waals surface area (Å²) in [4.78, 5) is 0. The Morgan fingerprint density at radius 2 is 1.89 bits per heavy atom. The van der Waals surface area contributed by atoms with E-state index in [1.807, 2.05) is 12.1 Å². The van der Waals surface area contributed by atoms with Crippen LogP contribution in [0.1, 0.15) is 36.5 Å². The zero-order valence-corrected chi connectivity index (χ0v) is 11.2. The second kappa shape index (κ2) is 4.69. The third kappa shape index (κ3) is 2.12. The van der Waals surface area contributed by atoms with Crippen molar-refractivity contribution in [1.82, 2.24) is 0 Å². The third-order valence-electron chi connectivity index (χ3n) is 3.75. The maximum absolute atomic E-state index is 13.6. The van der Waals surface area contributed by atoms with Gasteiger partial charge in [0, 0.05) is 11.5 Å². The summed E-state index contributed by atoms with van der Waals surface area (Å²) in [6, 6.07) is 13.1. The van der Waals surface area contributed by atoms with Gasteiger partial charge in [0.1, 0.15) is 18.2 Å². The van der Waals surface area contributed by atoms with Crippen LogP contribution < -0.4 is 4.74 Å². The monoisotopic (exact) mass is 256 g/mol. The number of fused-ring (bicyclic) bond motifs is 2. The van der Waals surface area contributed by atoms with Crippen LogP contribution >= 0.6 is 0 Å². The first-order valence-electron chi connectivity index (χ1n) is 6.67. The minimum Gasteiger partial charge on any atom is -0.489 e. The molecule has 0 saturated heterocycles. The fourth-order valence-electron chi connectivity index (χ4n) is 2.90. The van der Waals surface area contributed by atoms with Gasteiger partial charge in [-0.1, -0.05) is 38.1 Å². The molecule has 98 valence electrons. The first kappa shape index (κ1) is 12.2. The number of hydrogen-bond acceptors (Lipinski definition) is 1. The van der Waals surface area contributed by atoms with Crippen molar-refractivity contribution < 1.29 is 9.13 Å². The SMILES string of the molecule is CC(C)C1c2ccccc2COc2ccc(F)cc21. The molecule has 3 rings (SSSR count). The second-order valence-corrected chi connectivity index (χ2v) is 5.39. The molecule has 0 bridgehead atoms. The molecule has 2 aromatic rings. The van der Waals surface area contributed by atoms with Gasteiger partial charge in [-0.05, 0) is 35.2 Å². The molecule has 1 aliphatic heterocycles. The number of halogens is 1. The molecule has 0 fully saturated rings. The van der Waals surface area contributed by atoms with Crippen LogP contribution in [0.2, 0.25) is 0 Å². The van der Waals surface area contributed by atoms with Crippen molar-refractivity contribution in [1.29, 1.82) is 0 Å². The van der Waals surface area contributed by atoms with Gasteiger partial charge < -0.3 is 4.74 Å². The molecule has 0 aromatic heterocycles. The fourth-order valence-corrected chi connectivity index (χ4v) is 2.90. The molecule has 0 spiro atoms. The van der Waals surface area contributed by atoms with Crippen molar-refractivity contribution in [3.63, 3.8) is 0 Å². The highest BCUT2D eigenvalue weighted by Gasteiger charge is 2.27. The largest absolute Gasteiger partial charge is 0.489 e. The molecule has 0 N–H and O–H groups in total. The van der Waals surface area contributed by atoms with E-state index < -0.39 is 0 Å². The Balaban J connectivity index is 2.23. The molecule has 1 atom stereocenters. The van der Waals surface area contributed by atoms with Crippen LogP contribution in [0.15, 0.2) is 42.5 Å². The predicted octanol–water partition coefficient (Wildman–Crippen LogP) is 4.51. The molecule has 0 radical (unpaired) electrons. The predicted molar refractivity (Wildman–Crippen MR) is 73.9 cm³/mol. The second-order valence-electron chi connectivity index (χ2n) is 5.39. The summed E-state index contributed by atoms with van der Waals surface area (Å²) in [7, 11) is 0. The van der Waals surface area contributed by atoms with Gasteiger partial charge in [0.2, 0.25) is 0 Å². The molecule has 19 heavy (non-hydrogen) atoms. The zero-order valence-electron chi connectivity index (χ0n) is 11.2. The molecule has 2 aromatic carbocycles. The molecule has 1 heterocycles. The van der Waals surface area contributed by atoms with Crippen molar-refractivity contribution in [2.24, 2.45) is 5.92 Å². The Kier molecular flexibility index (Phi) is 3.02. The van der Waals surface area contributed by atoms with Crippen molar-refractivity contribution in [2.45, 2.75) is 26.4 Å². The number of hydrogen-bond donors (Lipinski definition) is 0. The van der Waals surface area contributed by atoms with Crippen LogP contribution in [0, 0.1) is 11.7 Å². The quantitative estimate of drug-likeness (QED) is 0.729. The highest BCUT2D eigenvalue weighted by atomic mass is 19.1. The Morgan fingerprint density at radius 1 is 1.11 bits per heavy atom. The lowest BCUT2D eigenvalue weighted by atomic mass is 9.81.